The van der Waals surface area contributed by atoms with Gasteiger partial charge in [-0.3, -0.25) is 9.69 Å². The van der Waals surface area contributed by atoms with Crippen molar-refractivity contribution in [2.45, 2.75) is 50.5 Å². The first-order chi connectivity index (χ1) is 20.5. The Morgan fingerprint density at radius 1 is 1.09 bits per heavy atom. The summed E-state index contributed by atoms with van der Waals surface area (Å²) in [6, 6.07) is 9.69. The molecule has 11 heteroatoms. The van der Waals surface area contributed by atoms with Crippen molar-refractivity contribution >= 4 is 29.1 Å². The third-order valence-electron chi connectivity index (χ3n) is 9.47. The van der Waals surface area contributed by atoms with Crippen LogP contribution in [0.5, 0.6) is 0 Å². The molecule has 3 aliphatic rings. The first-order valence-corrected chi connectivity index (χ1v) is 15.3. The number of carbonyl (C=O) groups excluding carboxylic acids is 1. The highest BCUT2D eigenvalue weighted by atomic mass is 35.5. The number of hydrogen-bond donors (Lipinski definition) is 2. The van der Waals surface area contributed by atoms with Crippen LogP contribution in [0.3, 0.4) is 0 Å². The zero-order valence-corrected chi connectivity index (χ0v) is 25.7. The van der Waals surface area contributed by atoms with Gasteiger partial charge in [-0.15, -0.1) is 0 Å². The molecule has 1 saturated heterocycles. The monoisotopic (exact) mass is 628 g/mol. The van der Waals surface area contributed by atoms with Crippen LogP contribution >= 0.6 is 23.2 Å². The van der Waals surface area contributed by atoms with Crippen molar-refractivity contribution in [3.05, 3.63) is 92.7 Å². The van der Waals surface area contributed by atoms with Gasteiger partial charge in [0.1, 0.15) is 11.6 Å². The van der Waals surface area contributed by atoms with Gasteiger partial charge in [-0.05, 0) is 88.5 Å². The normalized spacial score (nSPS) is 23.3. The van der Waals surface area contributed by atoms with Crippen molar-refractivity contribution < 1.29 is 24.1 Å². The van der Waals surface area contributed by atoms with Crippen molar-refractivity contribution in [2.75, 3.05) is 33.4 Å². The second-order valence-electron chi connectivity index (χ2n) is 12.4. The molecule has 228 valence electrons. The molecule has 1 amide bonds. The van der Waals surface area contributed by atoms with E-state index in [2.05, 4.69) is 14.9 Å². The minimum atomic E-state index is -1.72. The van der Waals surface area contributed by atoms with Crippen LogP contribution in [0, 0.1) is 17.2 Å². The molecular weight excluding hydrogens is 594 g/mol. The molecular formula is C32H35Cl2FN4O4. The molecule has 2 N–H and O–H groups in total. The lowest BCUT2D eigenvalue weighted by molar-refractivity contribution is -0.131. The van der Waals surface area contributed by atoms with Crippen molar-refractivity contribution in [1.82, 2.24) is 19.8 Å². The van der Waals surface area contributed by atoms with Gasteiger partial charge in [-0.25, -0.2) is 14.4 Å². The van der Waals surface area contributed by atoms with Gasteiger partial charge in [0.2, 0.25) is 0 Å². The number of likely N-dealkylation sites (tertiary alicyclic amines) is 1. The van der Waals surface area contributed by atoms with Gasteiger partial charge in [-0.1, -0.05) is 35.3 Å². The van der Waals surface area contributed by atoms with Gasteiger partial charge in [0, 0.05) is 28.4 Å². The highest BCUT2D eigenvalue weighted by molar-refractivity contribution is 6.30. The fourth-order valence-electron chi connectivity index (χ4n) is 6.38. The molecule has 0 bridgehead atoms. The molecule has 0 spiro atoms. The average molecular weight is 630 g/mol. The van der Waals surface area contributed by atoms with E-state index in [0.717, 1.165) is 38.8 Å². The maximum Gasteiger partial charge on any atom is 0.257 e. The lowest BCUT2D eigenvalue weighted by Gasteiger charge is -2.40. The van der Waals surface area contributed by atoms with Crippen LogP contribution in [-0.2, 0) is 22.6 Å². The summed E-state index contributed by atoms with van der Waals surface area (Å²) in [6.45, 7) is 3.23. The summed E-state index contributed by atoms with van der Waals surface area (Å²) in [5.74, 6) is -0.975. The van der Waals surface area contributed by atoms with Gasteiger partial charge in [0.25, 0.3) is 5.91 Å². The molecule has 1 aromatic heterocycles. The third kappa shape index (κ3) is 5.45. The maximum atomic E-state index is 16.7. The van der Waals surface area contributed by atoms with E-state index in [1.165, 1.54) is 23.4 Å². The summed E-state index contributed by atoms with van der Waals surface area (Å²) in [5, 5.41) is 22.7. The van der Waals surface area contributed by atoms with Gasteiger partial charge in [0.05, 0.1) is 41.5 Å². The number of benzene rings is 2. The minimum Gasteiger partial charge on any atom is -0.396 e. The number of rotatable bonds is 9. The van der Waals surface area contributed by atoms with E-state index in [9.17, 15) is 15.0 Å². The number of halogens is 3. The molecule has 2 atom stereocenters. The van der Waals surface area contributed by atoms with Gasteiger partial charge in [0.15, 0.2) is 5.72 Å². The second kappa shape index (κ2) is 11.4. The SMILES string of the molecule is CN1CCC([C@](C)(O)c2cc(F)c3c(c2)C(=O)N(Cc2ncc(Cl)cn2)[C@@]3(OCC2(CO)CC2)c2ccc(Cl)cc2)CC1. The number of amides is 1. The Bertz CT molecular complexity index is 1510. The number of aliphatic hydroxyl groups excluding tert-OH is 1. The van der Waals surface area contributed by atoms with Crippen molar-refractivity contribution in [2.24, 2.45) is 11.3 Å². The van der Waals surface area contributed by atoms with Crippen LogP contribution in [0.4, 0.5) is 4.39 Å². The fourth-order valence-corrected chi connectivity index (χ4v) is 6.60. The second-order valence-corrected chi connectivity index (χ2v) is 13.3. The third-order valence-corrected chi connectivity index (χ3v) is 9.92. The standard InChI is InChI=1S/C32H35Cl2FN4O4/c1-30(42,20-7-11-38(2)12-8-20)22-13-25-28(26(35)14-22)32(21-3-5-23(33)6-4-21,43-19-31(18-40)9-10-31)39(29(25)41)17-27-36-15-24(34)16-37-27/h3-6,13-16,20,40,42H,7-12,17-19H2,1-2H3/t30-,32+/m0/s1. The maximum absolute atomic E-state index is 16.7. The summed E-state index contributed by atoms with van der Waals surface area (Å²) < 4.78 is 23.4. The predicted molar refractivity (Wildman–Crippen MR) is 160 cm³/mol. The Hall–Kier alpha value is -2.66. The van der Waals surface area contributed by atoms with E-state index in [4.69, 9.17) is 27.9 Å². The topological polar surface area (TPSA) is 99.0 Å². The highest BCUT2D eigenvalue weighted by Gasteiger charge is 2.57. The summed E-state index contributed by atoms with van der Waals surface area (Å²) in [7, 11) is 2.04. The van der Waals surface area contributed by atoms with Crippen LogP contribution in [0.15, 0.2) is 48.8 Å². The van der Waals surface area contributed by atoms with E-state index >= 15 is 4.39 Å². The van der Waals surface area contributed by atoms with E-state index < -0.39 is 28.5 Å². The number of aromatic nitrogens is 2. The number of ether oxygens (including phenoxy) is 1. The summed E-state index contributed by atoms with van der Waals surface area (Å²) in [4.78, 5) is 26.7. The molecule has 2 aromatic carbocycles. The molecule has 8 nitrogen and oxygen atoms in total. The quantitative estimate of drug-likeness (QED) is 0.339. The van der Waals surface area contributed by atoms with Gasteiger partial charge >= 0.3 is 0 Å². The Kier molecular flexibility index (Phi) is 8.03. The van der Waals surface area contributed by atoms with Crippen LogP contribution < -0.4 is 0 Å². The number of fused-ring (bicyclic) bond motifs is 1. The van der Waals surface area contributed by atoms with Crippen molar-refractivity contribution in [3.63, 3.8) is 0 Å². The lowest BCUT2D eigenvalue weighted by Crippen LogP contribution is -2.48. The Morgan fingerprint density at radius 2 is 1.74 bits per heavy atom. The van der Waals surface area contributed by atoms with Crippen molar-refractivity contribution in [1.29, 1.82) is 0 Å². The Morgan fingerprint density at radius 3 is 2.35 bits per heavy atom. The molecule has 1 saturated carbocycles. The smallest absolute Gasteiger partial charge is 0.257 e. The Balaban J connectivity index is 1.52. The van der Waals surface area contributed by atoms with E-state index in [-0.39, 0.29) is 42.6 Å². The van der Waals surface area contributed by atoms with Crippen molar-refractivity contribution in [3.8, 4) is 0 Å². The number of nitrogens with zero attached hydrogens (tertiary/aromatic N) is 4. The minimum absolute atomic E-state index is 0.0467. The molecule has 3 heterocycles. The number of aliphatic hydroxyl groups is 2. The van der Waals surface area contributed by atoms with Crippen LogP contribution in [0.25, 0.3) is 0 Å². The van der Waals surface area contributed by atoms with Crippen LogP contribution in [0.1, 0.15) is 65.5 Å². The Labute approximate surface area is 260 Å². The molecule has 2 fully saturated rings. The zero-order valence-electron chi connectivity index (χ0n) is 24.2. The molecule has 43 heavy (non-hydrogen) atoms. The molecule has 3 aromatic rings. The lowest BCUT2D eigenvalue weighted by atomic mass is 9.76. The molecule has 0 unspecified atom stereocenters. The zero-order chi connectivity index (χ0) is 30.6. The van der Waals surface area contributed by atoms with E-state index in [0.29, 0.717) is 21.2 Å². The summed E-state index contributed by atoms with van der Waals surface area (Å²) in [5.41, 5.74) is -2.57. The van der Waals surface area contributed by atoms with E-state index in [1.807, 2.05) is 7.05 Å². The largest absolute Gasteiger partial charge is 0.396 e. The molecule has 2 aliphatic heterocycles. The highest BCUT2D eigenvalue weighted by Crippen LogP contribution is 2.52. The number of piperidine rings is 1. The first-order valence-electron chi connectivity index (χ1n) is 14.5. The van der Waals surface area contributed by atoms with E-state index in [1.54, 1.807) is 37.3 Å². The first kappa shape index (κ1) is 30.4. The molecule has 6 rings (SSSR count). The molecule has 0 radical (unpaired) electrons. The number of hydrogen-bond acceptors (Lipinski definition) is 7. The van der Waals surface area contributed by atoms with Crippen LogP contribution in [-0.4, -0.2) is 69.2 Å². The fraction of sp³-hybridized carbons (Fsp3) is 0.469. The average Bonchev–Trinajstić information content (AvgIpc) is 3.74. The summed E-state index contributed by atoms with van der Waals surface area (Å²) >= 11 is 12.3. The van der Waals surface area contributed by atoms with Crippen LogP contribution in [0.2, 0.25) is 10.0 Å². The number of carbonyl (C=O) groups is 1. The van der Waals surface area contributed by atoms with Gasteiger partial charge in [-0.2, -0.15) is 0 Å². The predicted octanol–water partition coefficient (Wildman–Crippen LogP) is 5.12. The van der Waals surface area contributed by atoms with Gasteiger partial charge < -0.3 is 19.8 Å². The summed E-state index contributed by atoms with van der Waals surface area (Å²) in [6.07, 6.45) is 5.87. The molecule has 1 aliphatic carbocycles.